The molecule has 0 aliphatic heterocycles. The number of benzene rings is 3. The molecule has 7 nitrogen and oxygen atoms in total. The molecule has 0 fully saturated rings. The number of hydrogen-bond acceptors (Lipinski definition) is 7. The van der Waals surface area contributed by atoms with E-state index in [0.29, 0.717) is 45.0 Å². The quantitative estimate of drug-likeness (QED) is 0.277. The lowest BCUT2D eigenvalue weighted by atomic mass is 10.2. The third-order valence-electron chi connectivity index (χ3n) is 4.87. The van der Waals surface area contributed by atoms with Gasteiger partial charge in [0.1, 0.15) is 5.75 Å². The van der Waals surface area contributed by atoms with E-state index in [2.05, 4.69) is 10.2 Å². The molecule has 0 amide bonds. The van der Waals surface area contributed by atoms with Gasteiger partial charge in [0.15, 0.2) is 5.16 Å². The first-order valence-electron chi connectivity index (χ1n) is 9.90. The molecule has 0 unspecified atom stereocenters. The van der Waals surface area contributed by atoms with E-state index in [1.54, 1.807) is 17.7 Å². The van der Waals surface area contributed by atoms with E-state index in [1.807, 2.05) is 72.8 Å². The fraction of sp³-hybridized carbons (Fsp3) is 0.0833. The van der Waals surface area contributed by atoms with E-state index < -0.39 is 0 Å². The number of nitrogens with zero attached hydrogens (tertiary/aromatic N) is 4. The van der Waals surface area contributed by atoms with Crippen LogP contribution in [0.5, 0.6) is 5.75 Å². The van der Waals surface area contributed by atoms with Crippen LogP contribution in [0.25, 0.3) is 28.0 Å². The molecule has 0 aliphatic rings. The molecule has 0 bridgehead atoms. The molecule has 2 aromatic heterocycles. The Kier molecular flexibility index (Phi) is 5.43. The van der Waals surface area contributed by atoms with Gasteiger partial charge < -0.3 is 9.15 Å². The largest absolute Gasteiger partial charge is 0.497 e. The van der Waals surface area contributed by atoms with Crippen molar-refractivity contribution >= 4 is 22.7 Å². The Morgan fingerprint density at radius 2 is 1.78 bits per heavy atom. The first-order chi connectivity index (χ1) is 15.7. The summed E-state index contributed by atoms with van der Waals surface area (Å²) in [6, 6.07) is 24.2. The summed E-state index contributed by atoms with van der Waals surface area (Å²) in [5, 5.41) is 9.36. The highest BCUT2D eigenvalue weighted by atomic mass is 32.2. The highest BCUT2D eigenvalue weighted by molar-refractivity contribution is 7.98. The molecule has 0 spiro atoms. The van der Waals surface area contributed by atoms with Crippen molar-refractivity contribution in [3.63, 3.8) is 0 Å². The molecule has 158 valence electrons. The second-order valence-corrected chi connectivity index (χ2v) is 7.85. The van der Waals surface area contributed by atoms with Crippen molar-refractivity contribution in [3.05, 3.63) is 95.1 Å². The van der Waals surface area contributed by atoms with E-state index >= 15 is 0 Å². The van der Waals surface area contributed by atoms with Crippen LogP contribution in [-0.4, -0.2) is 26.9 Å². The Morgan fingerprint density at radius 3 is 2.62 bits per heavy atom. The standard InChI is InChI=1S/C24H18N4O3S/c1-30-18-11-7-10-17(14-18)28-23(29)19-12-5-6-13-20(19)25-24(28)32-15-21-26-27-22(31-21)16-8-3-2-4-9-16/h2-14H,15H2,1H3. The lowest BCUT2D eigenvalue weighted by Gasteiger charge is -2.13. The number of methoxy groups -OCH3 is 1. The third-order valence-corrected chi connectivity index (χ3v) is 5.79. The van der Waals surface area contributed by atoms with Gasteiger partial charge in [-0.2, -0.15) is 0 Å². The minimum atomic E-state index is -0.151. The van der Waals surface area contributed by atoms with Gasteiger partial charge in [-0.3, -0.25) is 9.36 Å². The maximum atomic E-state index is 13.4. The maximum absolute atomic E-state index is 13.4. The Bertz CT molecular complexity index is 1450. The summed E-state index contributed by atoms with van der Waals surface area (Å²) in [6.45, 7) is 0. The average Bonchev–Trinajstić information content (AvgIpc) is 3.32. The second-order valence-electron chi connectivity index (χ2n) is 6.91. The van der Waals surface area contributed by atoms with Gasteiger partial charge in [-0.1, -0.05) is 48.2 Å². The number of ether oxygens (including phenoxy) is 1. The number of hydrogen-bond donors (Lipinski definition) is 0. The van der Waals surface area contributed by atoms with Crippen molar-refractivity contribution in [2.45, 2.75) is 10.9 Å². The number of thioether (sulfide) groups is 1. The zero-order chi connectivity index (χ0) is 21.9. The summed E-state index contributed by atoms with van der Waals surface area (Å²) < 4.78 is 12.7. The zero-order valence-electron chi connectivity index (χ0n) is 17.1. The van der Waals surface area contributed by atoms with Crippen LogP contribution in [0.4, 0.5) is 0 Å². The van der Waals surface area contributed by atoms with Gasteiger partial charge >= 0.3 is 0 Å². The molecule has 0 N–H and O–H groups in total. The van der Waals surface area contributed by atoms with E-state index in [-0.39, 0.29) is 5.56 Å². The second kappa shape index (κ2) is 8.68. The van der Waals surface area contributed by atoms with Crippen LogP contribution in [-0.2, 0) is 5.75 Å². The van der Waals surface area contributed by atoms with E-state index in [1.165, 1.54) is 11.8 Å². The summed E-state index contributed by atoms with van der Waals surface area (Å²) in [5.74, 6) is 1.93. The van der Waals surface area contributed by atoms with E-state index in [0.717, 1.165) is 5.56 Å². The predicted octanol–water partition coefficient (Wildman–Crippen LogP) is 4.74. The van der Waals surface area contributed by atoms with Gasteiger partial charge in [0.25, 0.3) is 5.56 Å². The highest BCUT2D eigenvalue weighted by Crippen LogP contribution is 2.27. The monoisotopic (exact) mass is 442 g/mol. The van der Waals surface area contributed by atoms with Crippen molar-refractivity contribution in [1.29, 1.82) is 0 Å². The Balaban J connectivity index is 1.53. The van der Waals surface area contributed by atoms with Crippen LogP contribution < -0.4 is 10.3 Å². The molecule has 0 atom stereocenters. The first kappa shape index (κ1) is 20.0. The molecule has 0 radical (unpaired) electrons. The first-order valence-corrected chi connectivity index (χ1v) is 10.9. The van der Waals surface area contributed by atoms with Crippen LogP contribution in [0.15, 0.2) is 93.2 Å². The Hall–Kier alpha value is -3.91. The summed E-state index contributed by atoms with van der Waals surface area (Å²) in [4.78, 5) is 18.1. The normalized spacial score (nSPS) is 11.0. The minimum Gasteiger partial charge on any atom is -0.497 e. The molecule has 3 aromatic carbocycles. The van der Waals surface area contributed by atoms with Crippen LogP contribution in [0.1, 0.15) is 5.89 Å². The van der Waals surface area contributed by atoms with Gasteiger partial charge in [0, 0.05) is 11.6 Å². The molecule has 8 heteroatoms. The molecule has 5 aromatic rings. The summed E-state index contributed by atoms with van der Waals surface area (Å²) >= 11 is 1.36. The fourth-order valence-corrected chi connectivity index (χ4v) is 4.17. The maximum Gasteiger partial charge on any atom is 0.266 e. The molecule has 0 saturated heterocycles. The molecule has 5 rings (SSSR count). The Labute approximate surface area is 187 Å². The predicted molar refractivity (Wildman–Crippen MR) is 123 cm³/mol. The lowest BCUT2D eigenvalue weighted by molar-refractivity contribution is 0.414. The molecule has 0 aliphatic carbocycles. The van der Waals surface area contributed by atoms with Crippen molar-refractivity contribution in [1.82, 2.24) is 19.7 Å². The minimum absolute atomic E-state index is 0.151. The summed E-state index contributed by atoms with van der Waals surface area (Å²) in [7, 11) is 1.59. The molecule has 32 heavy (non-hydrogen) atoms. The van der Waals surface area contributed by atoms with Crippen molar-refractivity contribution in [2.75, 3.05) is 7.11 Å². The van der Waals surface area contributed by atoms with E-state index in [9.17, 15) is 4.79 Å². The van der Waals surface area contributed by atoms with Crippen molar-refractivity contribution in [3.8, 4) is 22.9 Å². The van der Waals surface area contributed by atoms with Crippen LogP contribution >= 0.6 is 11.8 Å². The van der Waals surface area contributed by atoms with Gasteiger partial charge in [-0.15, -0.1) is 10.2 Å². The van der Waals surface area contributed by atoms with E-state index in [4.69, 9.17) is 14.1 Å². The van der Waals surface area contributed by atoms with Crippen LogP contribution in [0.3, 0.4) is 0 Å². The number of rotatable bonds is 6. The topological polar surface area (TPSA) is 83.0 Å². The molecular weight excluding hydrogens is 424 g/mol. The van der Waals surface area contributed by atoms with Crippen molar-refractivity contribution < 1.29 is 9.15 Å². The van der Waals surface area contributed by atoms with Gasteiger partial charge in [-0.25, -0.2) is 4.98 Å². The lowest BCUT2D eigenvalue weighted by Crippen LogP contribution is -2.21. The number of para-hydroxylation sites is 1. The number of aromatic nitrogens is 4. The highest BCUT2D eigenvalue weighted by Gasteiger charge is 2.16. The molecule has 2 heterocycles. The van der Waals surface area contributed by atoms with Gasteiger partial charge in [-0.05, 0) is 36.4 Å². The van der Waals surface area contributed by atoms with Gasteiger partial charge in [0.2, 0.25) is 11.8 Å². The zero-order valence-corrected chi connectivity index (χ0v) is 18.0. The Morgan fingerprint density at radius 1 is 0.969 bits per heavy atom. The van der Waals surface area contributed by atoms with Crippen molar-refractivity contribution in [2.24, 2.45) is 0 Å². The molecule has 0 saturated carbocycles. The van der Waals surface area contributed by atoms with Crippen LogP contribution in [0.2, 0.25) is 0 Å². The summed E-state index contributed by atoms with van der Waals surface area (Å²) in [6.07, 6.45) is 0. The summed E-state index contributed by atoms with van der Waals surface area (Å²) in [5.41, 5.74) is 2.01. The SMILES string of the molecule is COc1cccc(-n2c(SCc3nnc(-c4ccccc4)o3)nc3ccccc3c2=O)c1. The van der Waals surface area contributed by atoms with Gasteiger partial charge in [0.05, 0.1) is 29.5 Å². The fourth-order valence-electron chi connectivity index (χ4n) is 3.32. The molecular formula is C24H18N4O3S. The third kappa shape index (κ3) is 3.88. The van der Waals surface area contributed by atoms with Crippen LogP contribution in [0, 0.1) is 0 Å². The number of fused-ring (bicyclic) bond motifs is 1. The average molecular weight is 443 g/mol. The smallest absolute Gasteiger partial charge is 0.266 e.